The van der Waals surface area contributed by atoms with Crippen LogP contribution in [0.5, 0.6) is 23.0 Å². The molecule has 14 heteroatoms. The SMILES string of the molecule is CC1=C(C(c2ccc(OCCOc3ccc(C(C4=C(C)N=NC4=O)c4c(O)c5ccccc5oc4=O)cc3)cc2)c2c(O)c3ccccc3oc2=O)C(=O)N=N1. The summed E-state index contributed by atoms with van der Waals surface area (Å²) in [6.07, 6.45) is 0. The molecule has 0 saturated carbocycles. The molecule has 0 radical (unpaired) electrons. The van der Waals surface area contributed by atoms with Crippen LogP contribution in [0.2, 0.25) is 0 Å². The zero-order valence-corrected chi connectivity index (χ0v) is 29.8. The zero-order valence-electron chi connectivity index (χ0n) is 29.8. The number of rotatable bonds is 11. The van der Waals surface area contributed by atoms with Crippen molar-refractivity contribution in [2.24, 2.45) is 20.5 Å². The zero-order chi connectivity index (χ0) is 39.1. The molecule has 2 atom stereocenters. The van der Waals surface area contributed by atoms with Crippen molar-refractivity contribution in [2.45, 2.75) is 25.7 Å². The predicted octanol–water partition coefficient (Wildman–Crippen LogP) is 7.57. The topological polar surface area (TPSA) is 203 Å². The van der Waals surface area contributed by atoms with Crippen LogP contribution >= 0.6 is 0 Å². The van der Waals surface area contributed by atoms with E-state index in [1.165, 1.54) is 0 Å². The van der Waals surface area contributed by atoms with Crippen molar-refractivity contribution in [1.29, 1.82) is 0 Å². The molecule has 278 valence electrons. The fourth-order valence-electron chi connectivity index (χ4n) is 7.02. The van der Waals surface area contributed by atoms with E-state index in [4.69, 9.17) is 18.3 Å². The van der Waals surface area contributed by atoms with Crippen LogP contribution in [0.25, 0.3) is 21.9 Å². The molecule has 0 saturated heterocycles. The van der Waals surface area contributed by atoms with Crippen LogP contribution in [0.4, 0.5) is 0 Å². The summed E-state index contributed by atoms with van der Waals surface area (Å²) in [5.74, 6) is -2.95. The standard InChI is InChI=1S/C42H30N4O10/c1-21-31(39(49)45-43-21)33(35-37(47)27-7-3-5-9-29(27)55-41(35)51)23-11-15-25(16-12-23)53-19-20-54-26-17-13-24(14-18-26)34(32-22(2)44-46-40(32)50)36-38(48)28-8-4-6-10-30(28)56-42(36)52/h3-18,33-34,47-48H,19-20H2,1-2H3. The van der Waals surface area contributed by atoms with E-state index in [-0.39, 0.29) is 58.2 Å². The summed E-state index contributed by atoms with van der Waals surface area (Å²) < 4.78 is 22.9. The lowest BCUT2D eigenvalue weighted by molar-refractivity contribution is -0.115. The molecule has 0 spiro atoms. The Hall–Kier alpha value is -7.48. The Morgan fingerprint density at radius 3 is 1.27 bits per heavy atom. The van der Waals surface area contributed by atoms with Crippen molar-refractivity contribution in [2.75, 3.05) is 13.2 Å². The molecule has 2 aliphatic rings. The summed E-state index contributed by atoms with van der Waals surface area (Å²) in [6, 6.07) is 26.5. The van der Waals surface area contributed by atoms with Gasteiger partial charge in [0.1, 0.15) is 47.4 Å². The molecular formula is C42H30N4O10. The molecular weight excluding hydrogens is 720 g/mol. The van der Waals surface area contributed by atoms with Gasteiger partial charge in [-0.1, -0.05) is 48.5 Å². The first-order valence-corrected chi connectivity index (χ1v) is 17.4. The highest BCUT2D eigenvalue weighted by atomic mass is 16.5. The molecule has 2 aliphatic heterocycles. The number of carbonyl (C=O) groups excluding carboxylic acids is 2. The number of carbonyl (C=O) groups is 2. The first kappa shape index (κ1) is 35.5. The minimum atomic E-state index is -1.02. The van der Waals surface area contributed by atoms with Crippen LogP contribution in [0.3, 0.4) is 0 Å². The minimum Gasteiger partial charge on any atom is -0.507 e. The van der Waals surface area contributed by atoms with Gasteiger partial charge < -0.3 is 28.5 Å². The van der Waals surface area contributed by atoms with Crippen molar-refractivity contribution in [3.05, 3.63) is 163 Å². The summed E-state index contributed by atoms with van der Waals surface area (Å²) in [5, 5.41) is 38.3. The molecule has 2 unspecified atom stereocenters. The van der Waals surface area contributed by atoms with Crippen LogP contribution in [-0.2, 0) is 9.59 Å². The van der Waals surface area contributed by atoms with Crippen LogP contribution in [0, 0.1) is 0 Å². The Morgan fingerprint density at radius 2 is 0.911 bits per heavy atom. The van der Waals surface area contributed by atoms with E-state index >= 15 is 0 Å². The average Bonchev–Trinajstić information content (AvgIpc) is 3.71. The highest BCUT2D eigenvalue weighted by Crippen LogP contribution is 2.43. The number of fused-ring (bicyclic) bond motifs is 2. The molecule has 2 amide bonds. The first-order chi connectivity index (χ1) is 27.1. The number of nitrogens with zero attached hydrogens (tertiary/aromatic N) is 4. The number of amides is 2. The molecule has 2 aromatic heterocycles. The molecule has 56 heavy (non-hydrogen) atoms. The number of azo groups is 2. The summed E-state index contributed by atoms with van der Waals surface area (Å²) in [4.78, 5) is 52.3. The van der Waals surface area contributed by atoms with Gasteiger partial charge in [-0.2, -0.15) is 10.2 Å². The van der Waals surface area contributed by atoms with Gasteiger partial charge in [0.2, 0.25) is 0 Å². The Bertz CT molecular complexity index is 2640. The van der Waals surface area contributed by atoms with E-state index in [1.807, 2.05) is 0 Å². The van der Waals surface area contributed by atoms with Crippen molar-refractivity contribution in [3.8, 4) is 23.0 Å². The summed E-state index contributed by atoms with van der Waals surface area (Å²) in [7, 11) is 0. The maximum absolute atomic E-state index is 13.3. The molecule has 4 heterocycles. The highest BCUT2D eigenvalue weighted by Gasteiger charge is 2.36. The molecule has 6 aromatic rings. The number of allylic oxidation sites excluding steroid dienone is 2. The minimum absolute atomic E-state index is 0.109. The monoisotopic (exact) mass is 750 g/mol. The van der Waals surface area contributed by atoms with Gasteiger partial charge in [0.15, 0.2) is 0 Å². The number of hydrogen-bond acceptors (Lipinski definition) is 12. The van der Waals surface area contributed by atoms with Gasteiger partial charge in [-0.05, 0) is 73.5 Å². The van der Waals surface area contributed by atoms with Gasteiger partial charge in [-0.25, -0.2) is 9.59 Å². The van der Waals surface area contributed by atoms with Crippen LogP contribution in [0.1, 0.15) is 47.9 Å². The van der Waals surface area contributed by atoms with Gasteiger partial charge in [0.05, 0.1) is 56.3 Å². The van der Waals surface area contributed by atoms with E-state index in [2.05, 4.69) is 20.5 Å². The number of aromatic hydroxyl groups is 2. The largest absolute Gasteiger partial charge is 0.507 e. The first-order valence-electron chi connectivity index (χ1n) is 17.4. The van der Waals surface area contributed by atoms with Crippen molar-refractivity contribution < 1.29 is 38.1 Å². The van der Waals surface area contributed by atoms with Crippen LogP contribution in [-0.4, -0.2) is 35.2 Å². The third-order valence-electron chi connectivity index (χ3n) is 9.66. The second-order valence-corrected chi connectivity index (χ2v) is 13.0. The molecule has 0 fully saturated rings. The molecule has 2 N–H and O–H groups in total. The maximum atomic E-state index is 13.3. The third-order valence-corrected chi connectivity index (χ3v) is 9.66. The van der Waals surface area contributed by atoms with Gasteiger partial charge in [0, 0.05) is 0 Å². The van der Waals surface area contributed by atoms with Crippen molar-refractivity contribution >= 4 is 33.8 Å². The Kier molecular flexibility index (Phi) is 9.14. The lowest BCUT2D eigenvalue weighted by Gasteiger charge is -2.20. The molecule has 4 aromatic carbocycles. The Balaban J connectivity index is 0.987. The molecule has 8 rings (SSSR count). The van der Waals surface area contributed by atoms with Crippen molar-refractivity contribution in [3.63, 3.8) is 0 Å². The maximum Gasteiger partial charge on any atom is 0.344 e. The fraction of sp³-hybridized carbons (Fsp3) is 0.143. The Morgan fingerprint density at radius 1 is 0.536 bits per heavy atom. The number of benzene rings is 4. The quantitative estimate of drug-likeness (QED) is 0.0982. The summed E-state index contributed by atoms with van der Waals surface area (Å²) in [6.45, 7) is 3.49. The van der Waals surface area contributed by atoms with Crippen molar-refractivity contribution in [1.82, 2.24) is 0 Å². The Labute approximate surface area is 316 Å². The average molecular weight is 751 g/mol. The van der Waals surface area contributed by atoms with E-state index in [0.29, 0.717) is 44.8 Å². The number of para-hydroxylation sites is 2. The smallest absolute Gasteiger partial charge is 0.344 e. The second-order valence-electron chi connectivity index (χ2n) is 13.0. The lowest BCUT2D eigenvalue weighted by atomic mass is 9.83. The van der Waals surface area contributed by atoms with E-state index in [9.17, 15) is 29.4 Å². The van der Waals surface area contributed by atoms with Crippen LogP contribution < -0.4 is 20.7 Å². The van der Waals surface area contributed by atoms with Gasteiger partial charge in [-0.3, -0.25) is 9.59 Å². The molecule has 0 aliphatic carbocycles. The molecule has 14 nitrogen and oxygen atoms in total. The molecule has 0 bridgehead atoms. The second kappa shape index (κ2) is 14.4. The van der Waals surface area contributed by atoms with E-state index in [0.717, 1.165) is 0 Å². The fourth-order valence-corrected chi connectivity index (χ4v) is 7.02. The van der Waals surface area contributed by atoms with Gasteiger partial charge in [0.25, 0.3) is 11.8 Å². The number of hydrogen-bond donors (Lipinski definition) is 2. The normalized spacial score (nSPS) is 15.0. The number of ether oxygens (including phenoxy) is 2. The van der Waals surface area contributed by atoms with Crippen LogP contribution in [0.15, 0.2) is 158 Å². The summed E-state index contributed by atoms with van der Waals surface area (Å²) in [5.41, 5.74) is 0.527. The third kappa shape index (κ3) is 6.32. The summed E-state index contributed by atoms with van der Waals surface area (Å²) >= 11 is 0. The van der Waals surface area contributed by atoms with Gasteiger partial charge >= 0.3 is 11.3 Å². The predicted molar refractivity (Wildman–Crippen MR) is 201 cm³/mol. The van der Waals surface area contributed by atoms with E-state index < -0.39 is 34.9 Å². The van der Waals surface area contributed by atoms with Gasteiger partial charge in [-0.15, -0.1) is 10.2 Å². The van der Waals surface area contributed by atoms with E-state index in [1.54, 1.807) is 111 Å². The highest BCUT2D eigenvalue weighted by molar-refractivity contribution is 6.00. The lowest BCUT2D eigenvalue weighted by Crippen LogP contribution is -2.19.